The number of hydrogen-bond acceptors (Lipinski definition) is 4. The molecule has 0 aliphatic heterocycles. The van der Waals surface area contributed by atoms with Gasteiger partial charge in [-0.25, -0.2) is 0 Å². The Bertz CT molecular complexity index is 339. The Morgan fingerprint density at radius 3 is 3.00 bits per heavy atom. The fraction of sp³-hybridized carbons (Fsp3) is 0.417. The van der Waals surface area contributed by atoms with Gasteiger partial charge in [-0.1, -0.05) is 6.07 Å². The second-order valence-corrected chi connectivity index (χ2v) is 3.39. The molecule has 1 aromatic rings. The maximum absolute atomic E-state index is 11.0. The third-order valence-corrected chi connectivity index (χ3v) is 2.04. The van der Waals surface area contributed by atoms with E-state index in [0.717, 1.165) is 5.69 Å². The summed E-state index contributed by atoms with van der Waals surface area (Å²) in [5, 5.41) is 12.3. The zero-order valence-electron chi connectivity index (χ0n) is 9.40. The molecule has 1 aromatic carbocycles. The van der Waals surface area contributed by atoms with E-state index in [2.05, 4.69) is 5.32 Å². The number of esters is 1. The fourth-order valence-corrected chi connectivity index (χ4v) is 1.31. The summed E-state index contributed by atoms with van der Waals surface area (Å²) in [7, 11) is 0. The highest BCUT2D eigenvalue weighted by atomic mass is 16.5. The van der Waals surface area contributed by atoms with Crippen LogP contribution in [0, 0.1) is 0 Å². The first-order chi connectivity index (χ1) is 7.72. The van der Waals surface area contributed by atoms with Gasteiger partial charge in [0.1, 0.15) is 5.75 Å². The van der Waals surface area contributed by atoms with E-state index < -0.39 is 0 Å². The molecule has 0 aromatic heterocycles. The minimum Gasteiger partial charge on any atom is -0.508 e. The highest BCUT2D eigenvalue weighted by Crippen LogP contribution is 2.15. The Hall–Kier alpha value is -1.71. The molecular weight excluding hydrogens is 206 g/mol. The number of phenols is 1. The number of ether oxygens (including phenoxy) is 1. The minimum atomic E-state index is -0.166. The smallest absolute Gasteiger partial charge is 0.305 e. The Balaban J connectivity index is 2.18. The van der Waals surface area contributed by atoms with Crippen LogP contribution in [0.4, 0.5) is 5.69 Å². The van der Waals surface area contributed by atoms with Crippen LogP contribution in [0.1, 0.15) is 19.8 Å². The van der Waals surface area contributed by atoms with E-state index >= 15 is 0 Å². The number of carbonyl (C=O) groups excluding carboxylic acids is 1. The molecule has 0 spiro atoms. The number of benzene rings is 1. The number of carbonyl (C=O) groups is 1. The van der Waals surface area contributed by atoms with Crippen LogP contribution in [-0.4, -0.2) is 24.2 Å². The monoisotopic (exact) mass is 223 g/mol. The first-order valence-corrected chi connectivity index (χ1v) is 5.41. The fourth-order valence-electron chi connectivity index (χ4n) is 1.31. The average Bonchev–Trinajstić information content (AvgIpc) is 2.25. The van der Waals surface area contributed by atoms with Crippen LogP contribution in [0.2, 0.25) is 0 Å². The van der Waals surface area contributed by atoms with E-state index in [1.165, 1.54) is 0 Å². The number of nitrogens with one attached hydrogen (secondary N) is 1. The van der Waals surface area contributed by atoms with Crippen molar-refractivity contribution >= 4 is 11.7 Å². The molecule has 0 bridgehead atoms. The van der Waals surface area contributed by atoms with Crippen LogP contribution in [0.5, 0.6) is 5.75 Å². The van der Waals surface area contributed by atoms with Gasteiger partial charge in [-0.05, 0) is 25.5 Å². The summed E-state index contributed by atoms with van der Waals surface area (Å²) in [6, 6.07) is 6.89. The van der Waals surface area contributed by atoms with E-state index in [-0.39, 0.29) is 11.7 Å². The molecular formula is C12H17NO3. The predicted octanol–water partition coefficient (Wildman–Crippen LogP) is 2.15. The van der Waals surface area contributed by atoms with Crippen molar-refractivity contribution in [2.75, 3.05) is 18.5 Å². The van der Waals surface area contributed by atoms with Crippen molar-refractivity contribution in [3.63, 3.8) is 0 Å². The molecule has 0 fully saturated rings. The normalized spacial score (nSPS) is 9.81. The van der Waals surface area contributed by atoms with Crippen LogP contribution in [0.15, 0.2) is 24.3 Å². The molecule has 0 heterocycles. The summed E-state index contributed by atoms with van der Waals surface area (Å²) in [6.07, 6.45) is 1.13. The maximum atomic E-state index is 11.0. The topological polar surface area (TPSA) is 58.6 Å². The molecule has 16 heavy (non-hydrogen) atoms. The highest BCUT2D eigenvalue weighted by Gasteiger charge is 2.00. The van der Waals surface area contributed by atoms with Gasteiger partial charge in [0.25, 0.3) is 0 Å². The van der Waals surface area contributed by atoms with E-state index in [9.17, 15) is 9.90 Å². The SMILES string of the molecule is CCOC(=O)CCCNc1cccc(O)c1. The van der Waals surface area contributed by atoms with Gasteiger partial charge < -0.3 is 15.2 Å². The quantitative estimate of drug-likeness (QED) is 0.573. The summed E-state index contributed by atoms with van der Waals surface area (Å²) >= 11 is 0. The van der Waals surface area contributed by atoms with Crippen LogP contribution >= 0.6 is 0 Å². The first-order valence-electron chi connectivity index (χ1n) is 5.41. The number of hydrogen-bond donors (Lipinski definition) is 2. The summed E-state index contributed by atoms with van der Waals surface area (Å²) in [5.41, 5.74) is 0.851. The molecule has 0 unspecified atom stereocenters. The molecule has 0 aliphatic carbocycles. The van der Waals surface area contributed by atoms with Crippen molar-refractivity contribution in [1.82, 2.24) is 0 Å². The Labute approximate surface area is 95.2 Å². The lowest BCUT2D eigenvalue weighted by Gasteiger charge is -2.06. The van der Waals surface area contributed by atoms with E-state index in [1.807, 2.05) is 6.07 Å². The average molecular weight is 223 g/mol. The molecule has 2 N–H and O–H groups in total. The van der Waals surface area contributed by atoms with Gasteiger partial charge in [-0.3, -0.25) is 4.79 Å². The minimum absolute atomic E-state index is 0.166. The summed E-state index contributed by atoms with van der Waals surface area (Å²) in [6.45, 7) is 2.91. The van der Waals surface area contributed by atoms with Crippen molar-refractivity contribution in [3.05, 3.63) is 24.3 Å². The molecule has 0 aliphatic rings. The lowest BCUT2D eigenvalue weighted by atomic mass is 10.2. The molecule has 0 saturated carbocycles. The van der Waals surface area contributed by atoms with Gasteiger partial charge >= 0.3 is 5.97 Å². The van der Waals surface area contributed by atoms with E-state index in [1.54, 1.807) is 25.1 Å². The maximum Gasteiger partial charge on any atom is 0.305 e. The lowest BCUT2D eigenvalue weighted by Crippen LogP contribution is -2.08. The molecule has 4 nitrogen and oxygen atoms in total. The molecule has 88 valence electrons. The van der Waals surface area contributed by atoms with Gasteiger partial charge in [0.15, 0.2) is 0 Å². The van der Waals surface area contributed by atoms with E-state index in [4.69, 9.17) is 4.74 Å². The molecule has 0 saturated heterocycles. The van der Waals surface area contributed by atoms with Gasteiger partial charge in [0.2, 0.25) is 0 Å². The molecule has 0 radical (unpaired) electrons. The summed E-state index contributed by atoms with van der Waals surface area (Å²) < 4.78 is 4.81. The summed E-state index contributed by atoms with van der Waals surface area (Å²) in [4.78, 5) is 11.0. The number of aromatic hydroxyl groups is 1. The van der Waals surface area contributed by atoms with Crippen molar-refractivity contribution in [2.24, 2.45) is 0 Å². The molecule has 0 amide bonds. The Morgan fingerprint density at radius 2 is 2.31 bits per heavy atom. The highest BCUT2D eigenvalue weighted by molar-refractivity contribution is 5.69. The number of anilines is 1. The third kappa shape index (κ3) is 4.68. The standard InChI is InChI=1S/C12H17NO3/c1-2-16-12(15)7-4-8-13-10-5-3-6-11(14)9-10/h3,5-6,9,13-14H,2,4,7-8H2,1H3. The van der Waals surface area contributed by atoms with Crippen molar-refractivity contribution in [3.8, 4) is 5.75 Å². The van der Waals surface area contributed by atoms with Crippen LogP contribution in [0.3, 0.4) is 0 Å². The summed E-state index contributed by atoms with van der Waals surface area (Å²) in [5.74, 6) is 0.0654. The van der Waals surface area contributed by atoms with Gasteiger partial charge in [0.05, 0.1) is 6.61 Å². The number of rotatable bonds is 6. The van der Waals surface area contributed by atoms with Gasteiger partial charge in [-0.2, -0.15) is 0 Å². The van der Waals surface area contributed by atoms with Crippen LogP contribution < -0.4 is 5.32 Å². The molecule has 1 rings (SSSR count). The van der Waals surface area contributed by atoms with Crippen molar-refractivity contribution in [1.29, 1.82) is 0 Å². The second kappa shape index (κ2) is 6.71. The third-order valence-electron chi connectivity index (χ3n) is 2.04. The van der Waals surface area contributed by atoms with Crippen molar-refractivity contribution < 1.29 is 14.6 Å². The largest absolute Gasteiger partial charge is 0.508 e. The second-order valence-electron chi connectivity index (χ2n) is 3.39. The molecule has 0 atom stereocenters. The first kappa shape index (κ1) is 12.4. The molecule has 4 heteroatoms. The van der Waals surface area contributed by atoms with Crippen molar-refractivity contribution in [2.45, 2.75) is 19.8 Å². The Morgan fingerprint density at radius 1 is 1.50 bits per heavy atom. The van der Waals surface area contributed by atoms with Gasteiger partial charge in [0, 0.05) is 24.7 Å². The van der Waals surface area contributed by atoms with Crippen LogP contribution in [0.25, 0.3) is 0 Å². The zero-order valence-corrected chi connectivity index (χ0v) is 9.40. The Kier molecular flexibility index (Phi) is 5.19. The van der Waals surface area contributed by atoms with E-state index in [0.29, 0.717) is 26.0 Å². The van der Waals surface area contributed by atoms with Gasteiger partial charge in [-0.15, -0.1) is 0 Å². The lowest BCUT2D eigenvalue weighted by molar-refractivity contribution is -0.143. The van der Waals surface area contributed by atoms with Crippen LogP contribution in [-0.2, 0) is 9.53 Å². The predicted molar refractivity (Wildman–Crippen MR) is 62.5 cm³/mol. The number of phenolic OH excluding ortho intramolecular Hbond substituents is 1. The zero-order chi connectivity index (χ0) is 11.8.